The number of halogens is 1. The predicted molar refractivity (Wildman–Crippen MR) is 93.7 cm³/mol. The van der Waals surface area contributed by atoms with E-state index in [1.807, 2.05) is 0 Å². The second-order valence-corrected chi connectivity index (χ2v) is 7.01. The van der Waals surface area contributed by atoms with Crippen LogP contribution < -0.4 is 5.32 Å². The highest BCUT2D eigenvalue weighted by molar-refractivity contribution is 9.10. The number of rotatable bonds is 6. The first kappa shape index (κ1) is 16.9. The summed E-state index contributed by atoms with van der Waals surface area (Å²) in [4.78, 5) is 5.06. The van der Waals surface area contributed by atoms with Crippen LogP contribution in [0.25, 0.3) is 0 Å². The van der Waals surface area contributed by atoms with E-state index in [1.54, 1.807) is 0 Å². The zero-order chi connectivity index (χ0) is 15.2. The summed E-state index contributed by atoms with van der Waals surface area (Å²) >= 11 is 3.52. The zero-order valence-corrected chi connectivity index (χ0v) is 15.1. The lowest BCUT2D eigenvalue weighted by atomic mass is 10.0. The molecule has 0 bridgehead atoms. The Labute approximate surface area is 137 Å². The Morgan fingerprint density at radius 1 is 1.29 bits per heavy atom. The lowest BCUT2D eigenvalue weighted by Crippen LogP contribution is -2.50. The second-order valence-electron chi connectivity index (χ2n) is 6.10. The summed E-state index contributed by atoms with van der Waals surface area (Å²) in [6.45, 7) is 10.3. The Morgan fingerprint density at radius 2 is 2.00 bits per heavy atom. The molecule has 21 heavy (non-hydrogen) atoms. The topological polar surface area (TPSA) is 18.5 Å². The normalized spacial score (nSPS) is 22.4. The molecule has 3 nitrogen and oxygen atoms in total. The smallest absolute Gasteiger partial charge is 0.0332 e. The Hall–Kier alpha value is -0.420. The summed E-state index contributed by atoms with van der Waals surface area (Å²) in [5.74, 6) is 0. The third kappa shape index (κ3) is 5.06. The summed E-state index contributed by atoms with van der Waals surface area (Å²) in [5, 5.41) is 3.63. The number of hydrogen-bond donors (Lipinski definition) is 1. The van der Waals surface area contributed by atoms with E-state index in [1.165, 1.54) is 38.2 Å². The van der Waals surface area contributed by atoms with Crippen LogP contribution in [0, 0.1) is 0 Å². The Bertz CT molecular complexity index is 421. The van der Waals surface area contributed by atoms with E-state index in [2.05, 4.69) is 76.2 Å². The molecule has 1 N–H and O–H groups in total. The van der Waals surface area contributed by atoms with Gasteiger partial charge in [0.15, 0.2) is 0 Å². The van der Waals surface area contributed by atoms with Crippen LogP contribution in [0.4, 0.5) is 0 Å². The van der Waals surface area contributed by atoms with Gasteiger partial charge in [-0.3, -0.25) is 4.90 Å². The van der Waals surface area contributed by atoms with Crippen LogP contribution in [-0.2, 0) is 0 Å². The molecule has 118 valence electrons. The Morgan fingerprint density at radius 3 is 2.62 bits per heavy atom. The Balaban J connectivity index is 1.92. The summed E-state index contributed by atoms with van der Waals surface area (Å²) in [5.41, 5.74) is 1.39. The molecule has 1 heterocycles. The van der Waals surface area contributed by atoms with Crippen LogP contribution in [0.3, 0.4) is 0 Å². The molecule has 1 saturated heterocycles. The minimum Gasteiger partial charge on any atom is -0.310 e. The van der Waals surface area contributed by atoms with E-state index in [0.29, 0.717) is 12.1 Å². The minimum absolute atomic E-state index is 0.454. The maximum absolute atomic E-state index is 3.63. The van der Waals surface area contributed by atoms with Crippen molar-refractivity contribution in [2.24, 2.45) is 0 Å². The van der Waals surface area contributed by atoms with E-state index in [9.17, 15) is 0 Å². The summed E-state index contributed by atoms with van der Waals surface area (Å²) in [6.07, 6.45) is 1.17. The molecule has 1 aliphatic rings. The van der Waals surface area contributed by atoms with Gasteiger partial charge in [0.25, 0.3) is 0 Å². The quantitative estimate of drug-likeness (QED) is 0.847. The first-order chi connectivity index (χ1) is 10.1. The van der Waals surface area contributed by atoms with Gasteiger partial charge < -0.3 is 10.2 Å². The predicted octanol–water partition coefficient (Wildman–Crippen LogP) is 3.13. The number of nitrogens with one attached hydrogen (secondary N) is 1. The van der Waals surface area contributed by atoms with Gasteiger partial charge in [-0.25, -0.2) is 0 Å². The molecule has 0 radical (unpaired) electrons. The summed E-state index contributed by atoms with van der Waals surface area (Å²) < 4.78 is 1.15. The van der Waals surface area contributed by atoms with Gasteiger partial charge in [-0.1, -0.05) is 35.0 Å². The molecule has 1 aromatic rings. The average molecular weight is 354 g/mol. The van der Waals surface area contributed by atoms with Crippen molar-refractivity contribution in [3.05, 3.63) is 34.3 Å². The van der Waals surface area contributed by atoms with Crippen molar-refractivity contribution in [3.8, 4) is 0 Å². The summed E-state index contributed by atoms with van der Waals surface area (Å²) in [7, 11) is 2.22. The van der Waals surface area contributed by atoms with Gasteiger partial charge in [0, 0.05) is 42.7 Å². The monoisotopic (exact) mass is 353 g/mol. The lowest BCUT2D eigenvalue weighted by molar-refractivity contribution is 0.0961. The van der Waals surface area contributed by atoms with Gasteiger partial charge in [-0.15, -0.1) is 0 Å². The molecule has 1 aliphatic heterocycles. The molecule has 0 aliphatic carbocycles. The van der Waals surface area contributed by atoms with Gasteiger partial charge in [0.2, 0.25) is 0 Å². The highest BCUT2D eigenvalue weighted by Gasteiger charge is 2.22. The van der Waals surface area contributed by atoms with Crippen LogP contribution in [0.5, 0.6) is 0 Å². The first-order valence-electron chi connectivity index (χ1n) is 8.01. The van der Waals surface area contributed by atoms with Crippen molar-refractivity contribution in [2.75, 3.05) is 39.8 Å². The van der Waals surface area contributed by atoms with Gasteiger partial charge >= 0.3 is 0 Å². The molecule has 1 fully saturated rings. The van der Waals surface area contributed by atoms with Crippen molar-refractivity contribution in [1.29, 1.82) is 0 Å². The molecule has 0 saturated carbocycles. The fourth-order valence-electron chi connectivity index (χ4n) is 3.13. The third-order valence-electron chi connectivity index (χ3n) is 4.40. The highest BCUT2D eigenvalue weighted by Crippen LogP contribution is 2.21. The maximum atomic E-state index is 3.63. The standard InChI is InChI=1S/C17H28BrN3/c1-4-19-17(15-5-7-16(18)8-6-15)9-10-21-12-11-20(3)13-14(21)2/h5-8,14,17,19H,4,9-13H2,1-3H3. The zero-order valence-electron chi connectivity index (χ0n) is 13.5. The van der Waals surface area contributed by atoms with Gasteiger partial charge in [0.05, 0.1) is 0 Å². The van der Waals surface area contributed by atoms with Crippen LogP contribution in [0.1, 0.15) is 31.9 Å². The molecular weight excluding hydrogens is 326 g/mol. The van der Waals surface area contributed by atoms with Crippen LogP contribution in [0.2, 0.25) is 0 Å². The van der Waals surface area contributed by atoms with Crippen LogP contribution in [0.15, 0.2) is 28.7 Å². The van der Waals surface area contributed by atoms with Gasteiger partial charge in [-0.05, 0) is 44.6 Å². The minimum atomic E-state index is 0.454. The number of likely N-dealkylation sites (N-methyl/N-ethyl adjacent to an activating group) is 1. The molecular formula is C17H28BrN3. The third-order valence-corrected chi connectivity index (χ3v) is 4.92. The van der Waals surface area contributed by atoms with Crippen molar-refractivity contribution in [2.45, 2.75) is 32.4 Å². The number of nitrogens with zero attached hydrogens (tertiary/aromatic N) is 2. The molecule has 0 amide bonds. The number of hydrogen-bond acceptors (Lipinski definition) is 3. The van der Waals surface area contributed by atoms with Crippen molar-refractivity contribution >= 4 is 15.9 Å². The fraction of sp³-hybridized carbons (Fsp3) is 0.647. The van der Waals surface area contributed by atoms with Crippen LogP contribution >= 0.6 is 15.9 Å². The molecule has 2 rings (SSSR count). The van der Waals surface area contributed by atoms with Crippen molar-refractivity contribution in [1.82, 2.24) is 15.1 Å². The van der Waals surface area contributed by atoms with Crippen molar-refractivity contribution < 1.29 is 0 Å². The molecule has 0 aromatic heterocycles. The van der Waals surface area contributed by atoms with E-state index in [0.717, 1.165) is 11.0 Å². The Kier molecular flexibility index (Phi) is 6.68. The molecule has 2 atom stereocenters. The van der Waals surface area contributed by atoms with E-state index >= 15 is 0 Å². The van der Waals surface area contributed by atoms with Crippen LogP contribution in [-0.4, -0.2) is 55.6 Å². The average Bonchev–Trinajstić information content (AvgIpc) is 2.46. The fourth-order valence-corrected chi connectivity index (χ4v) is 3.40. The number of benzene rings is 1. The van der Waals surface area contributed by atoms with Gasteiger partial charge in [0.1, 0.15) is 0 Å². The molecule has 4 heteroatoms. The first-order valence-corrected chi connectivity index (χ1v) is 8.81. The highest BCUT2D eigenvalue weighted by atomic mass is 79.9. The SMILES string of the molecule is CCNC(CCN1CCN(C)CC1C)c1ccc(Br)cc1. The summed E-state index contributed by atoms with van der Waals surface area (Å²) in [6, 6.07) is 9.84. The van der Waals surface area contributed by atoms with E-state index in [-0.39, 0.29) is 0 Å². The van der Waals surface area contributed by atoms with E-state index < -0.39 is 0 Å². The molecule has 1 aromatic carbocycles. The second kappa shape index (κ2) is 8.28. The number of piperazine rings is 1. The van der Waals surface area contributed by atoms with E-state index in [4.69, 9.17) is 0 Å². The molecule has 0 spiro atoms. The van der Waals surface area contributed by atoms with Gasteiger partial charge in [-0.2, -0.15) is 0 Å². The molecule has 2 unspecified atom stereocenters. The lowest BCUT2D eigenvalue weighted by Gasteiger charge is -2.38. The van der Waals surface area contributed by atoms with Crippen molar-refractivity contribution in [3.63, 3.8) is 0 Å². The maximum Gasteiger partial charge on any atom is 0.0332 e. The largest absolute Gasteiger partial charge is 0.310 e.